The van der Waals surface area contributed by atoms with Crippen molar-refractivity contribution in [2.45, 2.75) is 31.8 Å². The van der Waals surface area contributed by atoms with Crippen LogP contribution >= 0.6 is 15.9 Å². The highest BCUT2D eigenvalue weighted by Gasteiger charge is 2.29. The summed E-state index contributed by atoms with van der Waals surface area (Å²) < 4.78 is 10.8. The lowest BCUT2D eigenvalue weighted by atomic mass is 10.3. The van der Waals surface area contributed by atoms with Gasteiger partial charge in [0.25, 0.3) is 0 Å². The van der Waals surface area contributed by atoms with Crippen molar-refractivity contribution in [3.8, 4) is 5.88 Å². The fraction of sp³-hybridized carbons (Fsp3) is 0.545. The van der Waals surface area contributed by atoms with Crippen molar-refractivity contribution >= 4 is 21.9 Å². The number of halogens is 1. The molecule has 0 aliphatic heterocycles. The quantitative estimate of drug-likeness (QED) is 0.797. The molecule has 1 atom stereocenters. The highest BCUT2D eigenvalue weighted by molar-refractivity contribution is 9.10. The molecule has 17 heavy (non-hydrogen) atoms. The molecule has 5 nitrogen and oxygen atoms in total. The van der Waals surface area contributed by atoms with Crippen molar-refractivity contribution in [1.82, 2.24) is 9.97 Å². The molecule has 0 saturated heterocycles. The maximum atomic E-state index is 11.3. The van der Waals surface area contributed by atoms with Gasteiger partial charge in [-0.1, -0.05) is 0 Å². The van der Waals surface area contributed by atoms with Crippen LogP contribution in [0, 0.1) is 0 Å². The number of hydrogen-bond acceptors (Lipinski definition) is 5. The van der Waals surface area contributed by atoms with Crippen molar-refractivity contribution in [2.24, 2.45) is 0 Å². The fourth-order valence-corrected chi connectivity index (χ4v) is 2.09. The zero-order valence-electron chi connectivity index (χ0n) is 9.64. The molecule has 1 aromatic rings. The van der Waals surface area contributed by atoms with Crippen molar-refractivity contribution in [3.63, 3.8) is 0 Å². The van der Waals surface area contributed by atoms with E-state index in [1.165, 1.54) is 13.4 Å². The standard InChI is InChI=1S/C11H13BrN2O3/c1-6(11(15)16-2)17-10-8(12)9(7-3-4-7)13-5-14-10/h5-7H,3-4H2,1-2H3/t6-/m1/s1. The highest BCUT2D eigenvalue weighted by atomic mass is 79.9. The summed E-state index contributed by atoms with van der Waals surface area (Å²) in [5, 5.41) is 0. The van der Waals surface area contributed by atoms with Crippen molar-refractivity contribution < 1.29 is 14.3 Å². The molecule has 0 bridgehead atoms. The summed E-state index contributed by atoms with van der Waals surface area (Å²) in [6.07, 6.45) is 3.05. The summed E-state index contributed by atoms with van der Waals surface area (Å²) in [5.41, 5.74) is 0.951. The normalized spacial score (nSPS) is 16.4. The summed E-state index contributed by atoms with van der Waals surface area (Å²) in [4.78, 5) is 19.5. The molecular formula is C11H13BrN2O3. The molecule has 1 aromatic heterocycles. The number of rotatable bonds is 4. The topological polar surface area (TPSA) is 61.3 Å². The van der Waals surface area contributed by atoms with E-state index in [9.17, 15) is 4.79 Å². The van der Waals surface area contributed by atoms with Gasteiger partial charge in [-0.05, 0) is 35.7 Å². The average Bonchev–Trinajstić information content (AvgIpc) is 3.14. The molecular weight excluding hydrogens is 288 g/mol. The molecule has 0 aromatic carbocycles. The molecule has 0 N–H and O–H groups in total. The number of ether oxygens (including phenoxy) is 2. The smallest absolute Gasteiger partial charge is 0.346 e. The van der Waals surface area contributed by atoms with Crippen molar-refractivity contribution in [2.75, 3.05) is 7.11 Å². The van der Waals surface area contributed by atoms with Crippen LogP contribution in [0.5, 0.6) is 5.88 Å². The Balaban J connectivity index is 2.15. The van der Waals surface area contributed by atoms with Crippen molar-refractivity contribution in [3.05, 3.63) is 16.5 Å². The second kappa shape index (κ2) is 5.00. The fourth-order valence-electron chi connectivity index (χ4n) is 1.47. The lowest BCUT2D eigenvalue weighted by Crippen LogP contribution is -2.25. The van der Waals surface area contributed by atoms with E-state index in [1.807, 2.05) is 0 Å². The number of methoxy groups -OCH3 is 1. The van der Waals surface area contributed by atoms with Crippen LogP contribution in [-0.4, -0.2) is 29.2 Å². The third-order valence-corrected chi connectivity index (χ3v) is 3.32. The summed E-state index contributed by atoms with van der Waals surface area (Å²) in [7, 11) is 1.33. The van der Waals surface area contributed by atoms with Crippen LogP contribution in [0.25, 0.3) is 0 Å². The first-order chi connectivity index (χ1) is 8.13. The minimum absolute atomic E-state index is 0.389. The van der Waals surface area contributed by atoms with E-state index in [2.05, 4.69) is 30.6 Å². The number of hydrogen-bond donors (Lipinski definition) is 0. The predicted molar refractivity (Wildman–Crippen MR) is 63.8 cm³/mol. The summed E-state index contributed by atoms with van der Waals surface area (Å²) in [6.45, 7) is 1.62. The molecule has 1 aliphatic rings. The predicted octanol–water partition coefficient (Wildman–Crippen LogP) is 2.06. The Morgan fingerprint density at radius 2 is 2.24 bits per heavy atom. The van der Waals surface area contributed by atoms with Gasteiger partial charge in [-0.3, -0.25) is 0 Å². The maximum absolute atomic E-state index is 11.3. The highest BCUT2D eigenvalue weighted by Crippen LogP contribution is 2.43. The van der Waals surface area contributed by atoms with Crippen LogP contribution in [0.15, 0.2) is 10.8 Å². The van der Waals surface area contributed by atoms with Crippen LogP contribution in [0.2, 0.25) is 0 Å². The Kier molecular flexibility index (Phi) is 3.61. The van der Waals surface area contributed by atoms with E-state index in [0.717, 1.165) is 23.0 Å². The molecule has 92 valence electrons. The van der Waals surface area contributed by atoms with E-state index in [1.54, 1.807) is 6.92 Å². The van der Waals surface area contributed by atoms with Gasteiger partial charge >= 0.3 is 5.97 Å². The lowest BCUT2D eigenvalue weighted by Gasteiger charge is -2.13. The largest absolute Gasteiger partial charge is 0.466 e. The van der Waals surface area contributed by atoms with Gasteiger partial charge < -0.3 is 9.47 Å². The second-order valence-corrected chi connectivity index (χ2v) is 4.73. The molecule has 1 fully saturated rings. The molecule has 1 saturated carbocycles. The molecule has 1 aliphatic carbocycles. The second-order valence-electron chi connectivity index (χ2n) is 3.94. The molecule has 1 heterocycles. The first-order valence-corrected chi connectivity index (χ1v) is 6.17. The molecule has 0 radical (unpaired) electrons. The Morgan fingerprint density at radius 3 is 2.82 bits per heavy atom. The summed E-state index contributed by atoms with van der Waals surface area (Å²) in [5.74, 6) is 0.450. The zero-order valence-corrected chi connectivity index (χ0v) is 11.2. The van der Waals surface area contributed by atoms with E-state index < -0.39 is 12.1 Å². The van der Waals surface area contributed by atoms with Crippen LogP contribution in [0.1, 0.15) is 31.4 Å². The van der Waals surface area contributed by atoms with Gasteiger partial charge in [0.2, 0.25) is 5.88 Å². The number of carbonyl (C=O) groups excluding carboxylic acids is 1. The van der Waals surface area contributed by atoms with Gasteiger partial charge in [-0.2, -0.15) is 0 Å². The van der Waals surface area contributed by atoms with E-state index in [0.29, 0.717) is 11.8 Å². The van der Waals surface area contributed by atoms with E-state index in [-0.39, 0.29) is 0 Å². The van der Waals surface area contributed by atoms with Gasteiger partial charge in [-0.15, -0.1) is 0 Å². The molecule has 6 heteroatoms. The first kappa shape index (κ1) is 12.3. The molecule has 2 rings (SSSR count). The Bertz CT molecular complexity index is 435. The molecule has 0 amide bonds. The maximum Gasteiger partial charge on any atom is 0.346 e. The summed E-state index contributed by atoms with van der Waals surface area (Å²) >= 11 is 3.42. The third-order valence-electron chi connectivity index (χ3n) is 2.57. The minimum Gasteiger partial charge on any atom is -0.466 e. The Hall–Kier alpha value is -1.17. The van der Waals surface area contributed by atoms with Gasteiger partial charge in [0.15, 0.2) is 6.10 Å². The molecule has 0 unspecified atom stereocenters. The number of carbonyl (C=O) groups is 1. The van der Waals surface area contributed by atoms with E-state index in [4.69, 9.17) is 4.74 Å². The van der Waals surface area contributed by atoms with E-state index >= 15 is 0 Å². The lowest BCUT2D eigenvalue weighted by molar-refractivity contribution is -0.148. The zero-order chi connectivity index (χ0) is 12.4. The number of aromatic nitrogens is 2. The number of nitrogens with zero attached hydrogens (tertiary/aromatic N) is 2. The van der Waals surface area contributed by atoms with Crippen LogP contribution < -0.4 is 4.74 Å². The molecule has 0 spiro atoms. The third kappa shape index (κ3) is 2.74. The van der Waals surface area contributed by atoms with Crippen LogP contribution in [0.3, 0.4) is 0 Å². The minimum atomic E-state index is -0.682. The first-order valence-electron chi connectivity index (χ1n) is 5.38. The SMILES string of the molecule is COC(=O)[C@@H](C)Oc1ncnc(C2CC2)c1Br. The van der Waals surface area contributed by atoms with Gasteiger partial charge in [0, 0.05) is 5.92 Å². The van der Waals surface area contributed by atoms with Crippen molar-refractivity contribution in [1.29, 1.82) is 0 Å². The average molecular weight is 301 g/mol. The van der Waals surface area contributed by atoms with Gasteiger partial charge in [-0.25, -0.2) is 14.8 Å². The van der Waals surface area contributed by atoms with Crippen LogP contribution in [-0.2, 0) is 9.53 Å². The Labute approximate surface area is 108 Å². The summed E-state index contributed by atoms with van der Waals surface area (Å²) in [6, 6.07) is 0. The van der Waals surface area contributed by atoms with Gasteiger partial charge in [0.05, 0.1) is 12.8 Å². The monoisotopic (exact) mass is 300 g/mol. The van der Waals surface area contributed by atoms with Gasteiger partial charge in [0.1, 0.15) is 10.8 Å². The van der Waals surface area contributed by atoms with Crippen LogP contribution in [0.4, 0.5) is 0 Å². The number of esters is 1. The Morgan fingerprint density at radius 1 is 1.53 bits per heavy atom.